The van der Waals surface area contributed by atoms with Gasteiger partial charge in [-0.2, -0.15) is 0 Å². The Hall–Kier alpha value is -1.02. The molecule has 0 aliphatic carbocycles. The Morgan fingerprint density at radius 1 is 1.47 bits per heavy atom. The molecule has 0 N–H and O–H groups in total. The summed E-state index contributed by atoms with van der Waals surface area (Å²) in [5.41, 5.74) is 1.31. The molecule has 15 heavy (non-hydrogen) atoms. The van der Waals surface area contributed by atoms with Gasteiger partial charge in [0.1, 0.15) is 0 Å². The lowest BCUT2D eigenvalue weighted by Crippen LogP contribution is -2.03. The lowest BCUT2D eigenvalue weighted by molar-refractivity contribution is -0.109. The highest BCUT2D eigenvalue weighted by molar-refractivity contribution is 8.14. The zero-order valence-corrected chi connectivity index (χ0v) is 9.80. The second-order valence-corrected chi connectivity index (χ2v) is 4.82. The molecule has 2 heteroatoms. The number of hydrogen-bond donors (Lipinski definition) is 0. The van der Waals surface area contributed by atoms with Crippen molar-refractivity contribution < 1.29 is 4.79 Å². The first-order valence-electron chi connectivity index (χ1n) is 5.06. The summed E-state index contributed by atoms with van der Waals surface area (Å²) >= 11 is 1.36. The van der Waals surface area contributed by atoms with Gasteiger partial charge < -0.3 is 0 Å². The number of thioether (sulfide) groups is 1. The van der Waals surface area contributed by atoms with Gasteiger partial charge in [0.05, 0.1) is 0 Å². The van der Waals surface area contributed by atoms with Crippen LogP contribution in [0.1, 0.15) is 18.9 Å². The molecule has 0 aliphatic heterocycles. The fraction of sp³-hybridized carbons (Fsp3) is 0.308. The quantitative estimate of drug-likeness (QED) is 0.707. The second-order valence-electron chi connectivity index (χ2n) is 3.41. The predicted octanol–water partition coefficient (Wildman–Crippen LogP) is 3.45. The molecule has 1 nitrogen and oxygen atoms in total. The van der Waals surface area contributed by atoms with Crippen LogP contribution in [0.15, 0.2) is 43.0 Å². The van der Waals surface area contributed by atoms with Gasteiger partial charge in [0.15, 0.2) is 5.12 Å². The van der Waals surface area contributed by atoms with Gasteiger partial charge in [0.25, 0.3) is 0 Å². The van der Waals surface area contributed by atoms with Crippen molar-refractivity contribution in [1.29, 1.82) is 0 Å². The topological polar surface area (TPSA) is 17.1 Å². The minimum absolute atomic E-state index is 0.160. The van der Waals surface area contributed by atoms with E-state index in [9.17, 15) is 4.79 Å². The monoisotopic (exact) mass is 220 g/mol. The molecule has 0 fully saturated rings. The molecule has 0 aliphatic rings. The summed E-state index contributed by atoms with van der Waals surface area (Å²) in [4.78, 5) is 10.9. The number of rotatable bonds is 5. The molecule has 0 radical (unpaired) electrons. The molecule has 0 spiro atoms. The van der Waals surface area contributed by atoms with E-state index in [1.165, 1.54) is 17.3 Å². The van der Waals surface area contributed by atoms with E-state index in [4.69, 9.17) is 0 Å². The smallest absolute Gasteiger partial charge is 0.186 e. The van der Waals surface area contributed by atoms with Crippen LogP contribution < -0.4 is 0 Å². The van der Waals surface area contributed by atoms with Crippen molar-refractivity contribution >= 4 is 16.9 Å². The van der Waals surface area contributed by atoms with Crippen molar-refractivity contribution in [3.63, 3.8) is 0 Å². The molecule has 1 aromatic rings. The van der Waals surface area contributed by atoms with E-state index >= 15 is 0 Å². The highest BCUT2D eigenvalue weighted by Crippen LogP contribution is 2.18. The lowest BCUT2D eigenvalue weighted by atomic mass is 10.1. The Kier molecular flexibility index (Phi) is 5.19. The zero-order valence-electron chi connectivity index (χ0n) is 8.98. The van der Waals surface area contributed by atoms with Crippen molar-refractivity contribution in [3.8, 4) is 0 Å². The van der Waals surface area contributed by atoms with E-state index in [2.05, 4.69) is 18.7 Å². The summed E-state index contributed by atoms with van der Waals surface area (Å²) in [6, 6.07) is 10.3. The van der Waals surface area contributed by atoms with Gasteiger partial charge in [-0.3, -0.25) is 4.79 Å². The maximum absolute atomic E-state index is 10.9. The lowest BCUT2D eigenvalue weighted by Gasteiger charge is -2.09. The molecular weight excluding hydrogens is 204 g/mol. The molecule has 0 aromatic heterocycles. The van der Waals surface area contributed by atoms with E-state index in [-0.39, 0.29) is 10.4 Å². The van der Waals surface area contributed by atoms with Crippen molar-refractivity contribution in [2.45, 2.75) is 25.0 Å². The van der Waals surface area contributed by atoms with E-state index in [0.29, 0.717) is 0 Å². The summed E-state index contributed by atoms with van der Waals surface area (Å²) in [5.74, 6) is 0. The fourth-order valence-electron chi connectivity index (χ4n) is 1.39. The first kappa shape index (κ1) is 12.1. The summed E-state index contributed by atoms with van der Waals surface area (Å²) in [7, 11) is 0. The van der Waals surface area contributed by atoms with Gasteiger partial charge in [0, 0.05) is 12.2 Å². The van der Waals surface area contributed by atoms with Crippen LogP contribution in [0.4, 0.5) is 0 Å². The van der Waals surface area contributed by atoms with Gasteiger partial charge in [-0.25, -0.2) is 0 Å². The van der Waals surface area contributed by atoms with Crippen LogP contribution >= 0.6 is 11.8 Å². The Labute approximate surface area is 95.6 Å². The number of hydrogen-bond acceptors (Lipinski definition) is 2. The first-order valence-corrected chi connectivity index (χ1v) is 5.94. The SMILES string of the molecule is C=C[C@@H](CCc1ccccc1)SC(C)=O. The normalized spacial score (nSPS) is 12.1. The highest BCUT2D eigenvalue weighted by atomic mass is 32.2. The molecule has 0 bridgehead atoms. The molecule has 1 rings (SSSR count). The molecule has 0 heterocycles. The van der Waals surface area contributed by atoms with Crippen LogP contribution in [0.3, 0.4) is 0 Å². The van der Waals surface area contributed by atoms with Crippen LogP contribution in [-0.4, -0.2) is 10.4 Å². The second kappa shape index (κ2) is 6.46. The number of aryl methyl sites for hydroxylation is 1. The standard InChI is InChI=1S/C13H16OS/c1-3-13(15-11(2)14)10-9-12-7-5-4-6-8-12/h3-8,13H,1,9-10H2,2H3/t13-/m0/s1. The highest BCUT2D eigenvalue weighted by Gasteiger charge is 2.07. The van der Waals surface area contributed by atoms with Gasteiger partial charge >= 0.3 is 0 Å². The van der Waals surface area contributed by atoms with Gasteiger partial charge in [-0.05, 0) is 18.4 Å². The van der Waals surface area contributed by atoms with E-state index in [1.54, 1.807) is 6.92 Å². The minimum Gasteiger partial charge on any atom is -0.288 e. The molecule has 0 unspecified atom stereocenters. The Balaban J connectivity index is 2.41. The number of carbonyl (C=O) groups is 1. The van der Waals surface area contributed by atoms with Crippen molar-refractivity contribution in [3.05, 3.63) is 48.6 Å². The maximum Gasteiger partial charge on any atom is 0.186 e. The van der Waals surface area contributed by atoms with Crippen LogP contribution in [0.5, 0.6) is 0 Å². The molecule has 1 aromatic carbocycles. The summed E-state index contributed by atoms with van der Waals surface area (Å²) in [5, 5.41) is 0.399. The van der Waals surface area contributed by atoms with Crippen molar-refractivity contribution in [1.82, 2.24) is 0 Å². The zero-order chi connectivity index (χ0) is 11.1. The van der Waals surface area contributed by atoms with E-state index in [0.717, 1.165) is 12.8 Å². The third-order valence-corrected chi connectivity index (χ3v) is 3.20. The Morgan fingerprint density at radius 3 is 2.67 bits per heavy atom. The summed E-state index contributed by atoms with van der Waals surface area (Å²) < 4.78 is 0. The predicted molar refractivity (Wildman–Crippen MR) is 67.0 cm³/mol. The number of benzene rings is 1. The molecule has 1 atom stereocenters. The van der Waals surface area contributed by atoms with E-state index < -0.39 is 0 Å². The van der Waals surface area contributed by atoms with Crippen molar-refractivity contribution in [2.75, 3.05) is 0 Å². The van der Waals surface area contributed by atoms with Gasteiger partial charge in [-0.1, -0.05) is 48.2 Å². The average Bonchev–Trinajstić information content (AvgIpc) is 2.25. The Bertz CT molecular complexity index is 319. The van der Waals surface area contributed by atoms with Gasteiger partial charge in [-0.15, -0.1) is 6.58 Å². The molecular formula is C13H16OS. The van der Waals surface area contributed by atoms with Crippen LogP contribution in [0, 0.1) is 0 Å². The van der Waals surface area contributed by atoms with Crippen LogP contribution in [-0.2, 0) is 11.2 Å². The number of carbonyl (C=O) groups excluding carboxylic acids is 1. The third-order valence-electron chi connectivity index (χ3n) is 2.14. The molecule has 80 valence electrons. The molecule has 0 saturated heterocycles. The average molecular weight is 220 g/mol. The third kappa shape index (κ3) is 4.84. The molecule has 0 saturated carbocycles. The van der Waals surface area contributed by atoms with Crippen molar-refractivity contribution in [2.24, 2.45) is 0 Å². The maximum atomic E-state index is 10.9. The van der Waals surface area contributed by atoms with Gasteiger partial charge in [0.2, 0.25) is 0 Å². The fourth-order valence-corrected chi connectivity index (χ4v) is 2.15. The summed E-state index contributed by atoms with van der Waals surface area (Å²) in [6.07, 6.45) is 3.82. The molecule has 0 amide bonds. The van der Waals surface area contributed by atoms with Crippen LogP contribution in [0.25, 0.3) is 0 Å². The Morgan fingerprint density at radius 2 is 2.13 bits per heavy atom. The largest absolute Gasteiger partial charge is 0.288 e. The van der Waals surface area contributed by atoms with E-state index in [1.807, 2.05) is 24.3 Å². The van der Waals surface area contributed by atoms with Crippen LogP contribution in [0.2, 0.25) is 0 Å². The minimum atomic E-state index is 0.160. The summed E-state index contributed by atoms with van der Waals surface area (Å²) in [6.45, 7) is 5.35. The first-order chi connectivity index (χ1) is 7.22.